The maximum absolute atomic E-state index is 15.1. The lowest BCUT2D eigenvalue weighted by Crippen LogP contribution is -2.53. The van der Waals surface area contributed by atoms with Gasteiger partial charge in [0.15, 0.2) is 0 Å². The molecule has 46 heavy (non-hydrogen) atoms. The number of allylic oxidation sites excluding steroid dienone is 2. The molecule has 2 aliphatic heterocycles. The second-order valence-electron chi connectivity index (χ2n) is 12.5. The van der Waals surface area contributed by atoms with Gasteiger partial charge in [-0.1, -0.05) is 71.8 Å². The summed E-state index contributed by atoms with van der Waals surface area (Å²) >= 11 is 6.33. The summed E-state index contributed by atoms with van der Waals surface area (Å²) in [5, 5.41) is 20.1. The van der Waals surface area contributed by atoms with Gasteiger partial charge in [0.05, 0.1) is 28.9 Å². The van der Waals surface area contributed by atoms with Gasteiger partial charge in [-0.05, 0) is 66.6 Å². The zero-order chi connectivity index (χ0) is 32.3. The lowest BCUT2D eigenvalue weighted by atomic mass is 9.49. The van der Waals surface area contributed by atoms with Gasteiger partial charge < -0.3 is 10.2 Å². The number of carboxylic acid groups (broad SMARTS) is 1. The number of halogens is 1. The van der Waals surface area contributed by atoms with Crippen LogP contribution in [0.1, 0.15) is 42.7 Å². The molecule has 2 saturated heterocycles. The fourth-order valence-corrected chi connectivity index (χ4v) is 8.68. The molecule has 0 spiro atoms. The van der Waals surface area contributed by atoms with E-state index in [0.717, 1.165) is 5.57 Å². The van der Waals surface area contributed by atoms with E-state index in [0.29, 0.717) is 21.8 Å². The number of phenolic OH excluding ortho intramolecular Hbond substituents is 1. The molecular formula is C36H31ClN2O7. The van der Waals surface area contributed by atoms with Crippen LogP contribution in [0.15, 0.2) is 90.5 Å². The first kappa shape index (κ1) is 29.9. The van der Waals surface area contributed by atoms with Crippen molar-refractivity contribution in [3.8, 4) is 5.75 Å². The van der Waals surface area contributed by atoms with E-state index in [4.69, 9.17) is 16.7 Å². The van der Waals surface area contributed by atoms with Crippen molar-refractivity contribution in [2.75, 3.05) is 11.4 Å². The number of aromatic hydroxyl groups is 1. The lowest BCUT2D eigenvalue weighted by molar-refractivity contribution is -0.142. The van der Waals surface area contributed by atoms with Gasteiger partial charge in [-0.15, -0.1) is 0 Å². The molecule has 1 saturated carbocycles. The van der Waals surface area contributed by atoms with Crippen molar-refractivity contribution in [2.24, 2.45) is 23.7 Å². The van der Waals surface area contributed by atoms with Crippen LogP contribution in [-0.2, 0) is 29.4 Å². The van der Waals surface area contributed by atoms with Crippen molar-refractivity contribution in [3.63, 3.8) is 0 Å². The highest BCUT2D eigenvalue weighted by molar-refractivity contribution is 6.32. The first-order chi connectivity index (χ1) is 22.1. The molecule has 3 aromatic rings. The fourth-order valence-electron chi connectivity index (χ4n) is 8.50. The molecule has 0 aromatic heterocycles. The van der Waals surface area contributed by atoms with Gasteiger partial charge in [-0.25, -0.2) is 4.90 Å². The van der Waals surface area contributed by atoms with Crippen molar-refractivity contribution >= 4 is 46.9 Å². The van der Waals surface area contributed by atoms with E-state index in [1.165, 1.54) is 15.9 Å². The number of likely N-dealkylation sites (tertiary alicyclic amines) is 1. The molecule has 9 nitrogen and oxygen atoms in total. The molecule has 4 aliphatic rings. The largest absolute Gasteiger partial charge is 0.508 e. The van der Waals surface area contributed by atoms with Crippen molar-refractivity contribution in [1.29, 1.82) is 0 Å². The van der Waals surface area contributed by atoms with Crippen LogP contribution in [0.25, 0.3) is 0 Å². The number of carbonyl (C=O) groups excluding carboxylic acids is 4. The predicted octanol–water partition coefficient (Wildman–Crippen LogP) is 5.07. The smallest absolute Gasteiger partial charge is 0.303 e. The summed E-state index contributed by atoms with van der Waals surface area (Å²) in [5.74, 6) is -6.14. The molecule has 0 unspecified atom stereocenters. The Labute approximate surface area is 270 Å². The first-order valence-electron chi connectivity index (χ1n) is 15.4. The van der Waals surface area contributed by atoms with Crippen molar-refractivity contribution in [3.05, 3.63) is 107 Å². The first-order valence-corrected chi connectivity index (χ1v) is 15.8. The number of anilines is 1. The Morgan fingerprint density at radius 1 is 0.891 bits per heavy atom. The SMILES string of the molecule is O=C(O)CCCN1C(=O)[C@H]2[C@H](CC=C3[C@H]2C[C@H]2C(=O)N(c4cccc(Cl)c4)C(=O)[C@@]2(c2ccccc2)[C@H]3c2cccc(O)c2)C1=O. The van der Waals surface area contributed by atoms with E-state index in [2.05, 4.69) is 0 Å². The van der Waals surface area contributed by atoms with Gasteiger partial charge in [0.1, 0.15) is 5.75 Å². The van der Waals surface area contributed by atoms with Crippen molar-refractivity contribution in [1.82, 2.24) is 4.90 Å². The number of carboxylic acids is 1. The van der Waals surface area contributed by atoms with Crippen LogP contribution in [0.3, 0.4) is 0 Å². The summed E-state index contributed by atoms with van der Waals surface area (Å²) in [7, 11) is 0. The van der Waals surface area contributed by atoms with E-state index in [1.807, 2.05) is 42.5 Å². The van der Waals surface area contributed by atoms with Gasteiger partial charge >= 0.3 is 5.97 Å². The van der Waals surface area contributed by atoms with Gasteiger partial charge in [0.2, 0.25) is 23.6 Å². The molecule has 7 rings (SSSR count). The minimum atomic E-state index is -1.42. The summed E-state index contributed by atoms with van der Waals surface area (Å²) < 4.78 is 0. The molecule has 0 bridgehead atoms. The Morgan fingerprint density at radius 3 is 2.37 bits per heavy atom. The summed E-state index contributed by atoms with van der Waals surface area (Å²) in [4.78, 5) is 70.8. The van der Waals surface area contributed by atoms with E-state index >= 15 is 4.79 Å². The third-order valence-electron chi connectivity index (χ3n) is 10.2. The number of hydrogen-bond acceptors (Lipinski definition) is 6. The van der Waals surface area contributed by atoms with Crippen molar-refractivity contribution < 1.29 is 34.2 Å². The summed E-state index contributed by atoms with van der Waals surface area (Å²) in [5.41, 5.74) is 0.966. The third kappa shape index (κ3) is 4.40. The van der Waals surface area contributed by atoms with Crippen LogP contribution in [0.2, 0.25) is 5.02 Å². The Hall–Kier alpha value is -4.76. The molecule has 2 heterocycles. The Balaban J connectivity index is 1.42. The minimum absolute atomic E-state index is 0.00568. The Bertz CT molecular complexity index is 1820. The monoisotopic (exact) mass is 638 g/mol. The molecule has 3 fully saturated rings. The molecule has 10 heteroatoms. The quantitative estimate of drug-likeness (QED) is 0.273. The number of phenols is 1. The standard InChI is InChI=1S/C36H31ClN2O7/c37-22-10-5-11-23(18-22)39-33(44)28-19-27-25(14-15-26-30(27)34(45)38(32(26)43)16-6-13-29(41)42)31(20-7-4-12-24(40)17-20)36(28,35(39)46)21-8-2-1-3-9-21/h1-5,7-12,14,17-18,26-28,30-31,40H,6,13,15-16,19H2,(H,41,42)/t26-,27+,28-,30-,31-,36+/m0/s1. The van der Waals surface area contributed by atoms with Crippen LogP contribution < -0.4 is 4.90 Å². The maximum Gasteiger partial charge on any atom is 0.303 e. The highest BCUT2D eigenvalue weighted by atomic mass is 35.5. The zero-order valence-corrected chi connectivity index (χ0v) is 25.5. The van der Waals surface area contributed by atoms with Gasteiger partial charge in [0.25, 0.3) is 0 Å². The second kappa shape index (κ2) is 11.2. The topological polar surface area (TPSA) is 132 Å². The molecule has 2 aliphatic carbocycles. The molecule has 6 atom stereocenters. The van der Waals surface area contributed by atoms with E-state index < -0.39 is 52.8 Å². The number of hydrogen-bond donors (Lipinski definition) is 2. The molecule has 0 radical (unpaired) electrons. The van der Waals surface area contributed by atoms with Gasteiger partial charge in [-0.2, -0.15) is 0 Å². The van der Waals surface area contributed by atoms with Crippen LogP contribution in [-0.4, -0.2) is 51.3 Å². The number of amides is 4. The van der Waals surface area contributed by atoms with Crippen LogP contribution in [0.5, 0.6) is 5.75 Å². The van der Waals surface area contributed by atoms with E-state index in [-0.39, 0.29) is 49.8 Å². The van der Waals surface area contributed by atoms with Gasteiger partial charge in [0, 0.05) is 23.9 Å². The zero-order valence-electron chi connectivity index (χ0n) is 24.7. The van der Waals surface area contributed by atoms with E-state index in [1.54, 1.807) is 36.4 Å². The number of carbonyl (C=O) groups is 5. The highest BCUT2D eigenvalue weighted by Gasteiger charge is 2.70. The average molecular weight is 639 g/mol. The fraction of sp³-hybridized carbons (Fsp3) is 0.306. The third-order valence-corrected chi connectivity index (χ3v) is 10.5. The number of imide groups is 2. The second-order valence-corrected chi connectivity index (χ2v) is 13.0. The number of rotatable bonds is 7. The average Bonchev–Trinajstić information content (AvgIpc) is 3.42. The molecular weight excluding hydrogens is 608 g/mol. The summed E-state index contributed by atoms with van der Waals surface area (Å²) in [6.07, 6.45) is 2.34. The summed E-state index contributed by atoms with van der Waals surface area (Å²) in [6.45, 7) is 0.00630. The highest BCUT2D eigenvalue weighted by Crippen LogP contribution is 2.64. The number of aliphatic carboxylic acids is 1. The van der Waals surface area contributed by atoms with Gasteiger partial charge in [-0.3, -0.25) is 28.9 Å². The molecule has 3 aromatic carbocycles. The number of benzene rings is 3. The van der Waals surface area contributed by atoms with E-state index in [9.17, 15) is 24.3 Å². The van der Waals surface area contributed by atoms with Crippen molar-refractivity contribution in [2.45, 2.75) is 37.0 Å². The van der Waals surface area contributed by atoms with Crippen LogP contribution in [0, 0.1) is 23.7 Å². The molecule has 2 N–H and O–H groups in total. The molecule has 234 valence electrons. The van der Waals surface area contributed by atoms with Crippen LogP contribution >= 0.6 is 11.6 Å². The number of fused-ring (bicyclic) bond motifs is 4. The lowest BCUT2D eigenvalue weighted by Gasteiger charge is -2.50. The Morgan fingerprint density at radius 2 is 1.65 bits per heavy atom. The molecule has 4 amide bonds. The van der Waals surface area contributed by atoms with Crippen LogP contribution in [0.4, 0.5) is 5.69 Å². The normalized spacial score (nSPS) is 28.5. The summed E-state index contributed by atoms with van der Waals surface area (Å²) in [6, 6.07) is 22.4. The number of nitrogens with zero attached hydrogens (tertiary/aromatic N) is 2. The minimum Gasteiger partial charge on any atom is -0.508 e. The predicted molar refractivity (Wildman–Crippen MR) is 168 cm³/mol. The Kier molecular flexibility index (Phi) is 7.31. The maximum atomic E-state index is 15.1.